The summed E-state index contributed by atoms with van der Waals surface area (Å²) in [6.45, 7) is 5.36. The van der Waals surface area contributed by atoms with Gasteiger partial charge in [0.2, 0.25) is 0 Å². The van der Waals surface area contributed by atoms with Gasteiger partial charge < -0.3 is 18.9 Å². The fraction of sp³-hybridized carbons (Fsp3) is 0.500. The molecule has 0 saturated carbocycles. The molecule has 0 saturated heterocycles. The molecule has 8 heteroatoms. The average molecular weight is 417 g/mol. The highest BCUT2D eigenvalue weighted by atomic mass is 16.6. The number of esters is 2. The van der Waals surface area contributed by atoms with Crippen LogP contribution in [0.3, 0.4) is 0 Å². The number of nitrogens with zero attached hydrogens (tertiary/aromatic N) is 1. The summed E-state index contributed by atoms with van der Waals surface area (Å²) >= 11 is 0. The quantitative estimate of drug-likeness (QED) is 0.560. The van der Waals surface area contributed by atoms with Crippen LogP contribution in [0.5, 0.6) is 5.75 Å². The fourth-order valence-corrected chi connectivity index (χ4v) is 4.07. The zero-order valence-electron chi connectivity index (χ0n) is 18.1. The Bertz CT molecular complexity index is 999. The fourth-order valence-electron chi connectivity index (χ4n) is 4.07. The van der Waals surface area contributed by atoms with Crippen molar-refractivity contribution < 1.29 is 33.3 Å². The molecule has 0 N–H and O–H groups in total. The minimum atomic E-state index is -0.772. The number of ether oxygens (including phenoxy) is 4. The van der Waals surface area contributed by atoms with Gasteiger partial charge in [0.1, 0.15) is 11.4 Å². The predicted molar refractivity (Wildman–Crippen MR) is 109 cm³/mol. The minimum absolute atomic E-state index is 0.138. The molecule has 2 aromatic rings. The first kappa shape index (κ1) is 21.7. The van der Waals surface area contributed by atoms with Gasteiger partial charge in [-0.25, -0.2) is 9.36 Å². The van der Waals surface area contributed by atoms with Crippen LogP contribution in [0.25, 0.3) is 10.9 Å². The average Bonchev–Trinajstić information content (AvgIpc) is 3.03. The molecule has 3 rings (SSSR count). The third kappa shape index (κ3) is 3.74. The first-order valence-corrected chi connectivity index (χ1v) is 9.71. The standard InChI is InChI=1S/C22H27NO7/c1-22(2,3)30-21(26)23-15-8-7-9-17(27-4)18(15)14-10-12(19(24)28-5)13(11-16(14)23)20(25)29-6/h7-9,12-13H,10-11H2,1-6H3/t12-,13-/m1/s1. The molecule has 1 heterocycles. The van der Waals surface area contributed by atoms with E-state index < -0.39 is 35.5 Å². The van der Waals surface area contributed by atoms with E-state index in [0.29, 0.717) is 17.0 Å². The topological polar surface area (TPSA) is 93.1 Å². The second-order valence-electron chi connectivity index (χ2n) is 8.26. The molecule has 1 aliphatic rings. The van der Waals surface area contributed by atoms with Crippen molar-refractivity contribution in [3.63, 3.8) is 0 Å². The highest BCUT2D eigenvalue weighted by Crippen LogP contribution is 2.41. The van der Waals surface area contributed by atoms with E-state index in [2.05, 4.69) is 0 Å². The van der Waals surface area contributed by atoms with E-state index in [9.17, 15) is 14.4 Å². The van der Waals surface area contributed by atoms with Gasteiger partial charge in [0.15, 0.2) is 0 Å². The first-order chi connectivity index (χ1) is 14.1. The molecule has 1 aliphatic carbocycles. The Morgan fingerprint density at radius 2 is 1.57 bits per heavy atom. The third-order valence-electron chi connectivity index (χ3n) is 5.29. The highest BCUT2D eigenvalue weighted by Gasteiger charge is 2.43. The van der Waals surface area contributed by atoms with Gasteiger partial charge >= 0.3 is 18.0 Å². The molecule has 1 aromatic heterocycles. The van der Waals surface area contributed by atoms with E-state index in [1.165, 1.54) is 18.8 Å². The molecule has 0 amide bonds. The van der Waals surface area contributed by atoms with Crippen molar-refractivity contribution in [2.24, 2.45) is 11.8 Å². The lowest BCUT2D eigenvalue weighted by molar-refractivity contribution is -0.158. The van der Waals surface area contributed by atoms with E-state index >= 15 is 0 Å². The van der Waals surface area contributed by atoms with Crippen LogP contribution in [-0.2, 0) is 36.6 Å². The molecule has 0 radical (unpaired) electrons. The summed E-state index contributed by atoms with van der Waals surface area (Å²) in [6.07, 6.45) is -0.199. The van der Waals surface area contributed by atoms with Gasteiger partial charge in [0, 0.05) is 17.5 Å². The Balaban J connectivity index is 2.26. The van der Waals surface area contributed by atoms with Crippen molar-refractivity contribution in [2.75, 3.05) is 21.3 Å². The second-order valence-corrected chi connectivity index (χ2v) is 8.26. The number of carbonyl (C=O) groups is 3. The van der Waals surface area contributed by atoms with E-state index in [1.807, 2.05) is 0 Å². The van der Waals surface area contributed by atoms with Crippen LogP contribution < -0.4 is 4.74 Å². The summed E-state index contributed by atoms with van der Waals surface area (Å²) in [4.78, 5) is 38.1. The first-order valence-electron chi connectivity index (χ1n) is 9.71. The second kappa shape index (κ2) is 8.01. The van der Waals surface area contributed by atoms with Gasteiger partial charge in [-0.15, -0.1) is 0 Å². The number of benzene rings is 1. The van der Waals surface area contributed by atoms with Crippen molar-refractivity contribution in [1.82, 2.24) is 4.57 Å². The molecule has 1 aromatic carbocycles. The SMILES string of the molecule is COC(=O)[C@@H]1Cc2c(n(C(=O)OC(C)(C)C)c3cccc(OC)c23)C[C@H]1C(=O)OC. The lowest BCUT2D eigenvalue weighted by Crippen LogP contribution is -2.39. The van der Waals surface area contributed by atoms with E-state index in [0.717, 1.165) is 10.9 Å². The normalized spacial score (nSPS) is 18.5. The van der Waals surface area contributed by atoms with Crippen LogP contribution in [-0.4, -0.2) is 49.5 Å². The van der Waals surface area contributed by atoms with E-state index in [1.54, 1.807) is 46.1 Å². The van der Waals surface area contributed by atoms with Crippen LogP contribution in [0.2, 0.25) is 0 Å². The summed E-state index contributed by atoms with van der Waals surface area (Å²) in [5, 5.41) is 0.720. The van der Waals surface area contributed by atoms with E-state index in [4.69, 9.17) is 18.9 Å². The van der Waals surface area contributed by atoms with Crippen molar-refractivity contribution in [2.45, 2.75) is 39.2 Å². The molecular formula is C22H27NO7. The number of methoxy groups -OCH3 is 3. The summed E-state index contributed by atoms with van der Waals surface area (Å²) in [5.41, 5.74) is 1.27. The molecule has 0 aliphatic heterocycles. The number of fused-ring (bicyclic) bond motifs is 3. The van der Waals surface area contributed by atoms with Crippen LogP contribution in [0.15, 0.2) is 18.2 Å². The van der Waals surface area contributed by atoms with Crippen LogP contribution in [0.1, 0.15) is 32.0 Å². The molecule has 162 valence electrons. The number of hydrogen-bond donors (Lipinski definition) is 0. The van der Waals surface area contributed by atoms with E-state index in [-0.39, 0.29) is 12.8 Å². The van der Waals surface area contributed by atoms with Gasteiger partial charge in [-0.2, -0.15) is 0 Å². The van der Waals surface area contributed by atoms with Crippen molar-refractivity contribution >= 4 is 28.9 Å². The zero-order valence-corrected chi connectivity index (χ0v) is 18.1. The maximum Gasteiger partial charge on any atom is 0.419 e. The maximum atomic E-state index is 13.1. The number of hydrogen-bond acceptors (Lipinski definition) is 7. The monoisotopic (exact) mass is 417 g/mol. The van der Waals surface area contributed by atoms with Crippen molar-refractivity contribution in [1.29, 1.82) is 0 Å². The Morgan fingerprint density at radius 1 is 0.967 bits per heavy atom. The molecule has 0 unspecified atom stereocenters. The van der Waals surface area contributed by atoms with Gasteiger partial charge in [-0.3, -0.25) is 9.59 Å². The molecule has 2 atom stereocenters. The van der Waals surface area contributed by atoms with Gasteiger partial charge in [0.25, 0.3) is 0 Å². The molecule has 0 spiro atoms. The minimum Gasteiger partial charge on any atom is -0.496 e. The summed E-state index contributed by atoms with van der Waals surface area (Å²) < 4.78 is 22.5. The maximum absolute atomic E-state index is 13.1. The zero-order chi connectivity index (χ0) is 22.2. The Kier molecular flexibility index (Phi) is 5.78. The van der Waals surface area contributed by atoms with Gasteiger partial charge in [-0.05, 0) is 44.9 Å². The Labute approximate surface area is 175 Å². The van der Waals surface area contributed by atoms with Crippen molar-refractivity contribution in [3.8, 4) is 5.75 Å². The highest BCUT2D eigenvalue weighted by molar-refractivity contribution is 5.98. The molecule has 8 nitrogen and oxygen atoms in total. The number of carbonyl (C=O) groups excluding carboxylic acids is 3. The van der Waals surface area contributed by atoms with Gasteiger partial charge in [0.05, 0.1) is 38.7 Å². The lowest BCUT2D eigenvalue weighted by Gasteiger charge is -2.29. The largest absolute Gasteiger partial charge is 0.496 e. The smallest absolute Gasteiger partial charge is 0.419 e. The summed E-state index contributed by atoms with van der Waals surface area (Å²) in [6, 6.07) is 5.37. The Morgan fingerprint density at radius 3 is 2.10 bits per heavy atom. The van der Waals surface area contributed by atoms with Crippen LogP contribution in [0.4, 0.5) is 4.79 Å². The van der Waals surface area contributed by atoms with Crippen LogP contribution in [0, 0.1) is 11.8 Å². The number of rotatable bonds is 3. The summed E-state index contributed by atoms with van der Waals surface area (Å²) in [7, 11) is 4.11. The van der Waals surface area contributed by atoms with Crippen molar-refractivity contribution in [3.05, 3.63) is 29.5 Å². The predicted octanol–water partition coefficient (Wildman–Crippen LogP) is 3.11. The summed E-state index contributed by atoms with van der Waals surface area (Å²) in [5.74, 6) is -1.94. The molecular weight excluding hydrogens is 390 g/mol. The lowest BCUT2D eigenvalue weighted by atomic mass is 9.77. The number of aromatic nitrogens is 1. The molecule has 0 fully saturated rings. The molecule has 0 bridgehead atoms. The van der Waals surface area contributed by atoms with Crippen LogP contribution >= 0.6 is 0 Å². The molecule has 30 heavy (non-hydrogen) atoms. The third-order valence-corrected chi connectivity index (χ3v) is 5.29. The Hall–Kier alpha value is -3.03. The van der Waals surface area contributed by atoms with Gasteiger partial charge in [-0.1, -0.05) is 6.07 Å².